The molecule has 0 radical (unpaired) electrons. The van der Waals surface area contributed by atoms with Crippen LogP contribution >= 0.6 is 0 Å². The SMILES string of the molecule is NC(=O)c1ccc(OCCc2ccc(N)cc2)cc1. The molecular formula is C15H16N2O2. The minimum Gasteiger partial charge on any atom is -0.493 e. The van der Waals surface area contributed by atoms with Crippen molar-refractivity contribution >= 4 is 11.6 Å². The normalized spacial score (nSPS) is 10.1. The number of amides is 1. The van der Waals surface area contributed by atoms with E-state index in [0.29, 0.717) is 12.2 Å². The van der Waals surface area contributed by atoms with Gasteiger partial charge >= 0.3 is 0 Å². The molecule has 0 fully saturated rings. The Morgan fingerprint density at radius 1 is 1.00 bits per heavy atom. The third-order valence-electron chi connectivity index (χ3n) is 2.78. The summed E-state index contributed by atoms with van der Waals surface area (Å²) in [6.07, 6.45) is 0.803. The second-order valence-corrected chi connectivity index (χ2v) is 4.23. The van der Waals surface area contributed by atoms with Gasteiger partial charge in [0, 0.05) is 17.7 Å². The van der Waals surface area contributed by atoms with Crippen LogP contribution in [-0.2, 0) is 6.42 Å². The van der Waals surface area contributed by atoms with Gasteiger partial charge < -0.3 is 16.2 Å². The van der Waals surface area contributed by atoms with Crippen LogP contribution in [-0.4, -0.2) is 12.5 Å². The lowest BCUT2D eigenvalue weighted by molar-refractivity contribution is 0.100. The van der Waals surface area contributed by atoms with Gasteiger partial charge in [0.1, 0.15) is 5.75 Å². The first kappa shape index (κ1) is 13.0. The van der Waals surface area contributed by atoms with E-state index < -0.39 is 5.91 Å². The highest BCUT2D eigenvalue weighted by Gasteiger charge is 2.00. The summed E-state index contributed by atoms with van der Waals surface area (Å²) in [4.78, 5) is 10.9. The number of rotatable bonds is 5. The van der Waals surface area contributed by atoms with E-state index >= 15 is 0 Å². The summed E-state index contributed by atoms with van der Waals surface area (Å²) < 4.78 is 5.59. The molecule has 0 aliphatic carbocycles. The van der Waals surface area contributed by atoms with Gasteiger partial charge in [-0.1, -0.05) is 12.1 Å². The van der Waals surface area contributed by atoms with Gasteiger partial charge in [-0.2, -0.15) is 0 Å². The molecule has 0 saturated carbocycles. The van der Waals surface area contributed by atoms with Crippen molar-refractivity contribution < 1.29 is 9.53 Å². The highest BCUT2D eigenvalue weighted by atomic mass is 16.5. The van der Waals surface area contributed by atoms with Gasteiger partial charge in [-0.05, 0) is 42.0 Å². The average molecular weight is 256 g/mol. The first-order valence-corrected chi connectivity index (χ1v) is 6.02. The predicted octanol–water partition coefficient (Wildman–Crippen LogP) is 1.99. The molecule has 0 unspecified atom stereocenters. The highest BCUT2D eigenvalue weighted by Crippen LogP contribution is 2.13. The Labute approximate surface area is 112 Å². The number of primary amides is 1. The molecule has 0 aliphatic rings. The molecular weight excluding hydrogens is 240 g/mol. The molecule has 4 N–H and O–H groups in total. The molecule has 4 heteroatoms. The van der Waals surface area contributed by atoms with Gasteiger partial charge in [0.15, 0.2) is 0 Å². The number of nitrogens with two attached hydrogens (primary N) is 2. The molecule has 0 spiro atoms. The van der Waals surface area contributed by atoms with Crippen LogP contribution in [0.25, 0.3) is 0 Å². The van der Waals surface area contributed by atoms with Gasteiger partial charge in [-0.3, -0.25) is 4.79 Å². The molecule has 2 aromatic rings. The zero-order valence-corrected chi connectivity index (χ0v) is 10.5. The fourth-order valence-electron chi connectivity index (χ4n) is 1.69. The van der Waals surface area contributed by atoms with Gasteiger partial charge in [-0.15, -0.1) is 0 Å². The van der Waals surface area contributed by atoms with Crippen molar-refractivity contribution in [2.45, 2.75) is 6.42 Å². The fraction of sp³-hybridized carbons (Fsp3) is 0.133. The first-order chi connectivity index (χ1) is 9.15. The monoisotopic (exact) mass is 256 g/mol. The first-order valence-electron chi connectivity index (χ1n) is 6.02. The van der Waals surface area contributed by atoms with E-state index in [2.05, 4.69) is 0 Å². The van der Waals surface area contributed by atoms with Crippen LogP contribution in [0, 0.1) is 0 Å². The second-order valence-electron chi connectivity index (χ2n) is 4.23. The largest absolute Gasteiger partial charge is 0.493 e. The third-order valence-corrected chi connectivity index (χ3v) is 2.78. The standard InChI is InChI=1S/C15H16N2O2/c16-13-5-1-11(2-6-13)9-10-19-14-7-3-12(4-8-14)15(17)18/h1-8H,9-10,16H2,(H2,17,18). The molecule has 0 bridgehead atoms. The Balaban J connectivity index is 1.85. The Bertz CT molecular complexity index is 547. The maximum absolute atomic E-state index is 10.9. The van der Waals surface area contributed by atoms with Crippen LogP contribution in [0.2, 0.25) is 0 Å². The van der Waals surface area contributed by atoms with Crippen molar-refractivity contribution in [1.29, 1.82) is 0 Å². The lowest BCUT2D eigenvalue weighted by Gasteiger charge is -2.07. The molecule has 2 aromatic carbocycles. The topological polar surface area (TPSA) is 78.3 Å². The fourth-order valence-corrected chi connectivity index (χ4v) is 1.69. The summed E-state index contributed by atoms with van der Waals surface area (Å²) in [6.45, 7) is 0.569. The van der Waals surface area contributed by atoms with E-state index in [4.69, 9.17) is 16.2 Å². The van der Waals surface area contributed by atoms with E-state index in [0.717, 1.165) is 17.9 Å². The average Bonchev–Trinajstić information content (AvgIpc) is 2.41. The minimum absolute atomic E-state index is 0.437. The molecule has 0 aliphatic heterocycles. The Morgan fingerprint density at radius 2 is 1.63 bits per heavy atom. The van der Waals surface area contributed by atoms with Crippen LogP contribution in [0.4, 0.5) is 5.69 Å². The summed E-state index contributed by atoms with van der Waals surface area (Å²) in [5, 5.41) is 0. The van der Waals surface area contributed by atoms with Gasteiger partial charge in [0.2, 0.25) is 5.91 Å². The van der Waals surface area contributed by atoms with Crippen LogP contribution in [0.1, 0.15) is 15.9 Å². The lowest BCUT2D eigenvalue weighted by atomic mass is 10.1. The summed E-state index contributed by atoms with van der Waals surface area (Å²) in [6, 6.07) is 14.5. The summed E-state index contributed by atoms with van der Waals surface area (Å²) in [7, 11) is 0. The second kappa shape index (κ2) is 5.91. The molecule has 4 nitrogen and oxygen atoms in total. The van der Waals surface area contributed by atoms with Gasteiger partial charge in [0.25, 0.3) is 0 Å². The Morgan fingerprint density at radius 3 is 2.21 bits per heavy atom. The maximum Gasteiger partial charge on any atom is 0.248 e. The van der Waals surface area contributed by atoms with E-state index in [-0.39, 0.29) is 0 Å². The third kappa shape index (κ3) is 3.74. The number of nitrogen functional groups attached to an aromatic ring is 1. The van der Waals surface area contributed by atoms with Crippen LogP contribution in [0.5, 0.6) is 5.75 Å². The summed E-state index contributed by atoms with van der Waals surface area (Å²) >= 11 is 0. The highest BCUT2D eigenvalue weighted by molar-refractivity contribution is 5.92. The lowest BCUT2D eigenvalue weighted by Crippen LogP contribution is -2.10. The molecule has 0 heterocycles. The van der Waals surface area contributed by atoms with Crippen molar-refractivity contribution in [3.8, 4) is 5.75 Å². The zero-order chi connectivity index (χ0) is 13.7. The molecule has 1 amide bonds. The van der Waals surface area contributed by atoms with E-state index in [1.807, 2.05) is 24.3 Å². The number of carbonyl (C=O) groups excluding carboxylic acids is 1. The van der Waals surface area contributed by atoms with Crippen LogP contribution in [0.3, 0.4) is 0 Å². The van der Waals surface area contributed by atoms with Crippen LogP contribution in [0.15, 0.2) is 48.5 Å². The summed E-state index contributed by atoms with van der Waals surface area (Å²) in [5.74, 6) is 0.286. The molecule has 2 rings (SSSR count). The summed E-state index contributed by atoms with van der Waals surface area (Å²) in [5.41, 5.74) is 13.2. The predicted molar refractivity (Wildman–Crippen MR) is 75.0 cm³/mol. The van der Waals surface area contributed by atoms with E-state index in [1.165, 1.54) is 5.56 Å². The quantitative estimate of drug-likeness (QED) is 0.803. The van der Waals surface area contributed by atoms with Crippen molar-refractivity contribution in [3.63, 3.8) is 0 Å². The number of ether oxygens (including phenoxy) is 1. The van der Waals surface area contributed by atoms with Gasteiger partial charge in [0.05, 0.1) is 6.61 Å². The van der Waals surface area contributed by atoms with E-state index in [9.17, 15) is 4.79 Å². The molecule has 0 saturated heterocycles. The number of hydrogen-bond acceptors (Lipinski definition) is 3. The maximum atomic E-state index is 10.9. The van der Waals surface area contributed by atoms with Crippen molar-refractivity contribution in [2.24, 2.45) is 5.73 Å². The zero-order valence-electron chi connectivity index (χ0n) is 10.5. The van der Waals surface area contributed by atoms with Crippen molar-refractivity contribution in [2.75, 3.05) is 12.3 Å². The molecule has 98 valence electrons. The van der Waals surface area contributed by atoms with Crippen molar-refractivity contribution in [3.05, 3.63) is 59.7 Å². The molecule has 0 atom stereocenters. The number of carbonyl (C=O) groups is 1. The smallest absolute Gasteiger partial charge is 0.248 e. The Kier molecular flexibility index (Phi) is 4.03. The van der Waals surface area contributed by atoms with Crippen LogP contribution < -0.4 is 16.2 Å². The van der Waals surface area contributed by atoms with E-state index in [1.54, 1.807) is 24.3 Å². The molecule has 19 heavy (non-hydrogen) atoms. The molecule has 0 aromatic heterocycles. The van der Waals surface area contributed by atoms with Crippen molar-refractivity contribution in [1.82, 2.24) is 0 Å². The number of benzene rings is 2. The number of anilines is 1. The Hall–Kier alpha value is -2.49. The minimum atomic E-state index is -0.437. The number of hydrogen-bond donors (Lipinski definition) is 2. The van der Waals surface area contributed by atoms with Gasteiger partial charge in [-0.25, -0.2) is 0 Å².